The van der Waals surface area contributed by atoms with Gasteiger partial charge in [0.15, 0.2) is 5.82 Å². The second-order valence-electron chi connectivity index (χ2n) is 7.02. The van der Waals surface area contributed by atoms with Crippen molar-refractivity contribution in [2.75, 3.05) is 25.7 Å². The minimum absolute atomic E-state index is 0.218. The van der Waals surface area contributed by atoms with Crippen molar-refractivity contribution < 1.29 is 18.8 Å². The predicted molar refractivity (Wildman–Crippen MR) is 110 cm³/mol. The van der Waals surface area contributed by atoms with E-state index in [2.05, 4.69) is 15.5 Å². The van der Waals surface area contributed by atoms with Crippen LogP contribution in [0.4, 0.5) is 10.5 Å². The van der Waals surface area contributed by atoms with Gasteiger partial charge in [0.1, 0.15) is 11.8 Å². The van der Waals surface area contributed by atoms with Crippen molar-refractivity contribution in [3.63, 3.8) is 0 Å². The normalized spacial score (nSPS) is 15.1. The molecule has 156 valence electrons. The first kappa shape index (κ1) is 19.9. The molecule has 2 heterocycles. The number of nitrogens with zero attached hydrogens (tertiary/aromatic N) is 3. The number of carbonyl (C=O) groups is 1. The molecule has 0 radical (unpaired) electrons. The van der Waals surface area contributed by atoms with Gasteiger partial charge in [-0.25, -0.2) is 4.79 Å². The van der Waals surface area contributed by atoms with Gasteiger partial charge in [0, 0.05) is 32.2 Å². The van der Waals surface area contributed by atoms with Crippen LogP contribution in [0.1, 0.15) is 28.9 Å². The molecule has 1 aliphatic heterocycles. The Kier molecular flexibility index (Phi) is 5.94. The molecule has 0 aliphatic carbocycles. The van der Waals surface area contributed by atoms with Crippen molar-refractivity contribution in [1.82, 2.24) is 15.5 Å². The smallest absolute Gasteiger partial charge is 0.322 e. The molecule has 30 heavy (non-hydrogen) atoms. The van der Waals surface area contributed by atoms with Gasteiger partial charge >= 0.3 is 6.03 Å². The van der Waals surface area contributed by atoms with Gasteiger partial charge in [-0.15, -0.1) is 0 Å². The zero-order chi connectivity index (χ0) is 20.9. The quantitative estimate of drug-likeness (QED) is 0.645. The van der Waals surface area contributed by atoms with Crippen LogP contribution in [0.5, 0.6) is 5.75 Å². The summed E-state index contributed by atoms with van der Waals surface area (Å²) in [5, 5.41) is 7.02. The van der Waals surface area contributed by atoms with E-state index in [0.717, 1.165) is 22.6 Å². The molecule has 1 aromatic heterocycles. The van der Waals surface area contributed by atoms with Gasteiger partial charge in [-0.3, -0.25) is 4.90 Å². The number of benzene rings is 2. The van der Waals surface area contributed by atoms with Crippen molar-refractivity contribution in [1.29, 1.82) is 0 Å². The fourth-order valence-corrected chi connectivity index (χ4v) is 3.58. The fraction of sp³-hybridized carbons (Fsp3) is 0.318. The molecule has 2 amide bonds. The van der Waals surface area contributed by atoms with E-state index in [-0.39, 0.29) is 12.1 Å². The van der Waals surface area contributed by atoms with Crippen LogP contribution >= 0.6 is 0 Å². The van der Waals surface area contributed by atoms with Crippen LogP contribution in [-0.4, -0.2) is 37.0 Å². The van der Waals surface area contributed by atoms with E-state index in [1.807, 2.05) is 48.5 Å². The number of carbonyl (C=O) groups excluding carboxylic acids is 1. The molecule has 1 N–H and O–H groups in total. The zero-order valence-electron chi connectivity index (χ0n) is 17.0. The maximum atomic E-state index is 13.2. The van der Waals surface area contributed by atoms with E-state index < -0.39 is 0 Å². The van der Waals surface area contributed by atoms with E-state index >= 15 is 0 Å². The van der Waals surface area contributed by atoms with Crippen molar-refractivity contribution in [2.24, 2.45) is 0 Å². The summed E-state index contributed by atoms with van der Waals surface area (Å²) in [4.78, 5) is 19.4. The number of hydrogen-bond donors (Lipinski definition) is 1. The highest BCUT2D eigenvalue weighted by Gasteiger charge is 2.38. The molecular weight excluding hydrogens is 384 g/mol. The molecule has 0 fully saturated rings. The highest BCUT2D eigenvalue weighted by Crippen LogP contribution is 2.39. The third-order valence-electron chi connectivity index (χ3n) is 5.07. The number of anilines is 1. The highest BCUT2D eigenvalue weighted by molar-refractivity contribution is 5.95. The fourth-order valence-electron chi connectivity index (χ4n) is 3.58. The van der Waals surface area contributed by atoms with Gasteiger partial charge in [0.2, 0.25) is 5.89 Å². The number of para-hydroxylation sites is 1. The summed E-state index contributed by atoms with van der Waals surface area (Å²) in [6.45, 7) is 0.888. The Bertz CT molecular complexity index is 1020. The first-order chi connectivity index (χ1) is 14.7. The third-order valence-corrected chi connectivity index (χ3v) is 5.07. The number of amides is 2. The molecule has 0 spiro atoms. The second-order valence-corrected chi connectivity index (χ2v) is 7.02. The summed E-state index contributed by atoms with van der Waals surface area (Å²) in [7, 11) is 3.25. The SMILES string of the molecule is COCCc1noc(C2Cc3ccccc3N2C(=O)NCc2cccc(OC)c2)n1. The lowest BCUT2D eigenvalue weighted by molar-refractivity contribution is 0.199. The molecule has 8 heteroatoms. The van der Waals surface area contributed by atoms with E-state index in [9.17, 15) is 4.79 Å². The second kappa shape index (κ2) is 8.96. The molecule has 4 rings (SSSR count). The third kappa shape index (κ3) is 4.13. The molecule has 0 saturated carbocycles. The zero-order valence-corrected chi connectivity index (χ0v) is 17.0. The molecule has 3 aromatic rings. The van der Waals surface area contributed by atoms with Crippen LogP contribution in [0.15, 0.2) is 53.1 Å². The van der Waals surface area contributed by atoms with Crippen molar-refractivity contribution in [3.8, 4) is 5.75 Å². The topological polar surface area (TPSA) is 89.7 Å². The minimum Gasteiger partial charge on any atom is -0.497 e. The number of nitrogens with one attached hydrogen (secondary N) is 1. The number of rotatable bonds is 7. The predicted octanol–water partition coefficient (Wildman–Crippen LogP) is 3.28. The van der Waals surface area contributed by atoms with Gasteiger partial charge in [0.05, 0.1) is 13.7 Å². The van der Waals surface area contributed by atoms with Crippen molar-refractivity contribution in [3.05, 3.63) is 71.4 Å². The summed E-state index contributed by atoms with van der Waals surface area (Å²) >= 11 is 0. The van der Waals surface area contributed by atoms with Crippen LogP contribution in [-0.2, 0) is 24.1 Å². The average Bonchev–Trinajstić information content (AvgIpc) is 3.40. The Morgan fingerprint density at radius 3 is 2.93 bits per heavy atom. The Hall–Kier alpha value is -3.39. The lowest BCUT2D eigenvalue weighted by Gasteiger charge is -2.23. The Morgan fingerprint density at radius 2 is 2.10 bits per heavy atom. The number of ether oxygens (including phenoxy) is 2. The summed E-state index contributed by atoms with van der Waals surface area (Å²) in [5.41, 5.74) is 2.87. The maximum absolute atomic E-state index is 13.2. The number of hydrogen-bond acceptors (Lipinski definition) is 6. The first-order valence-electron chi connectivity index (χ1n) is 9.79. The summed E-state index contributed by atoms with van der Waals surface area (Å²) in [6.07, 6.45) is 1.18. The van der Waals surface area contributed by atoms with Crippen LogP contribution in [0.3, 0.4) is 0 Å². The van der Waals surface area contributed by atoms with Crippen LogP contribution in [0.2, 0.25) is 0 Å². The minimum atomic E-state index is -0.350. The molecular formula is C22H24N4O4. The molecule has 1 aliphatic rings. The molecule has 1 atom stereocenters. The lowest BCUT2D eigenvalue weighted by Crippen LogP contribution is -2.40. The molecule has 8 nitrogen and oxygen atoms in total. The summed E-state index contributed by atoms with van der Waals surface area (Å²) in [6, 6.07) is 14.9. The van der Waals surface area contributed by atoms with Gasteiger partial charge < -0.3 is 19.3 Å². The first-order valence-corrected chi connectivity index (χ1v) is 9.79. The molecule has 0 saturated heterocycles. The molecule has 0 bridgehead atoms. The van der Waals surface area contributed by atoms with Crippen LogP contribution < -0.4 is 15.0 Å². The van der Waals surface area contributed by atoms with Crippen molar-refractivity contribution >= 4 is 11.7 Å². The Labute approximate surface area is 174 Å². The highest BCUT2D eigenvalue weighted by atomic mass is 16.5. The standard InChI is InChI=1S/C22H24N4O4/c1-28-11-10-20-24-21(30-25-20)19-13-16-7-3-4-9-18(16)26(19)22(27)23-14-15-6-5-8-17(12-15)29-2/h3-9,12,19H,10-11,13-14H2,1-2H3,(H,23,27). The maximum Gasteiger partial charge on any atom is 0.322 e. The van der Waals surface area contributed by atoms with E-state index in [4.69, 9.17) is 14.0 Å². The average molecular weight is 408 g/mol. The number of aromatic nitrogens is 2. The number of urea groups is 1. The Morgan fingerprint density at radius 1 is 1.23 bits per heavy atom. The van der Waals surface area contributed by atoms with E-state index in [0.29, 0.717) is 37.7 Å². The largest absolute Gasteiger partial charge is 0.497 e. The monoisotopic (exact) mass is 408 g/mol. The van der Waals surface area contributed by atoms with Gasteiger partial charge in [0.25, 0.3) is 0 Å². The van der Waals surface area contributed by atoms with E-state index in [1.165, 1.54) is 0 Å². The number of fused-ring (bicyclic) bond motifs is 1. The summed E-state index contributed by atoms with van der Waals surface area (Å²) in [5.74, 6) is 1.74. The van der Waals surface area contributed by atoms with Crippen LogP contribution in [0.25, 0.3) is 0 Å². The molecule has 2 aromatic carbocycles. The van der Waals surface area contributed by atoms with Gasteiger partial charge in [-0.05, 0) is 29.3 Å². The lowest BCUT2D eigenvalue weighted by atomic mass is 10.1. The van der Waals surface area contributed by atoms with Crippen LogP contribution in [0, 0.1) is 0 Å². The summed E-state index contributed by atoms with van der Waals surface area (Å²) < 4.78 is 15.8. The van der Waals surface area contributed by atoms with Crippen molar-refractivity contribution in [2.45, 2.75) is 25.4 Å². The number of methoxy groups -OCH3 is 2. The van der Waals surface area contributed by atoms with Gasteiger partial charge in [-0.1, -0.05) is 35.5 Å². The van der Waals surface area contributed by atoms with E-state index in [1.54, 1.807) is 19.1 Å². The molecule has 1 unspecified atom stereocenters. The Balaban J connectivity index is 1.54. The van der Waals surface area contributed by atoms with Gasteiger partial charge in [-0.2, -0.15) is 4.98 Å².